The third kappa shape index (κ3) is 2.33. The van der Waals surface area contributed by atoms with E-state index in [1.54, 1.807) is 6.07 Å². The first-order chi connectivity index (χ1) is 7.66. The first kappa shape index (κ1) is 11.0. The number of halogens is 1. The van der Waals surface area contributed by atoms with E-state index in [9.17, 15) is 4.79 Å². The van der Waals surface area contributed by atoms with Crippen LogP contribution in [0, 0.1) is 6.92 Å². The van der Waals surface area contributed by atoms with Gasteiger partial charge >= 0.3 is 0 Å². The van der Waals surface area contributed by atoms with Crippen molar-refractivity contribution < 1.29 is 9.21 Å². The molecule has 2 aromatic rings. The van der Waals surface area contributed by atoms with Gasteiger partial charge in [-0.25, -0.2) is 0 Å². The molecule has 0 atom stereocenters. The van der Waals surface area contributed by atoms with Crippen molar-refractivity contribution in [1.82, 2.24) is 0 Å². The number of anilines is 1. The third-order valence-electron chi connectivity index (χ3n) is 2.20. The van der Waals surface area contributed by atoms with Crippen molar-refractivity contribution in [3.63, 3.8) is 0 Å². The Hall–Kier alpha value is -1.55. The van der Waals surface area contributed by atoms with Crippen LogP contribution in [0.15, 0.2) is 45.7 Å². The van der Waals surface area contributed by atoms with Crippen molar-refractivity contribution in [3.8, 4) is 0 Å². The molecule has 1 N–H and O–H groups in total. The second-order valence-electron chi connectivity index (χ2n) is 3.43. The van der Waals surface area contributed by atoms with Gasteiger partial charge in [0.1, 0.15) is 6.26 Å². The summed E-state index contributed by atoms with van der Waals surface area (Å²) in [6.07, 6.45) is 2.89. The van der Waals surface area contributed by atoms with Gasteiger partial charge in [0.2, 0.25) is 0 Å². The molecule has 2 rings (SSSR count). The summed E-state index contributed by atoms with van der Waals surface area (Å²) in [5.41, 5.74) is 2.36. The van der Waals surface area contributed by atoms with Crippen LogP contribution in [0.1, 0.15) is 15.9 Å². The molecule has 0 spiro atoms. The van der Waals surface area contributed by atoms with Crippen LogP contribution in [0.5, 0.6) is 0 Å². The van der Waals surface area contributed by atoms with Gasteiger partial charge < -0.3 is 9.73 Å². The summed E-state index contributed by atoms with van der Waals surface area (Å²) in [6, 6.07) is 7.28. The zero-order chi connectivity index (χ0) is 11.5. The average Bonchev–Trinajstić information content (AvgIpc) is 2.77. The molecule has 1 aromatic heterocycles. The Labute approximate surface area is 102 Å². The molecule has 1 aromatic carbocycles. The smallest absolute Gasteiger partial charge is 0.258 e. The minimum atomic E-state index is -0.171. The van der Waals surface area contributed by atoms with Crippen LogP contribution < -0.4 is 5.32 Å². The SMILES string of the molecule is Cc1cc(NC(=O)c2ccoc2)ccc1Br. The molecule has 0 aliphatic carbocycles. The van der Waals surface area contributed by atoms with Crippen LogP contribution in [0.25, 0.3) is 0 Å². The number of carbonyl (C=O) groups is 1. The van der Waals surface area contributed by atoms with Crippen molar-refractivity contribution in [2.24, 2.45) is 0 Å². The highest BCUT2D eigenvalue weighted by Gasteiger charge is 2.07. The predicted octanol–water partition coefficient (Wildman–Crippen LogP) is 3.60. The number of hydrogen-bond acceptors (Lipinski definition) is 2. The first-order valence-electron chi connectivity index (χ1n) is 4.76. The minimum absolute atomic E-state index is 0.171. The number of carbonyl (C=O) groups excluding carboxylic acids is 1. The van der Waals surface area contributed by atoms with Gasteiger partial charge in [-0.1, -0.05) is 15.9 Å². The molecular formula is C12H10BrNO2. The van der Waals surface area contributed by atoms with E-state index in [2.05, 4.69) is 21.2 Å². The maximum atomic E-state index is 11.7. The van der Waals surface area contributed by atoms with Gasteiger partial charge in [-0.15, -0.1) is 0 Å². The molecular weight excluding hydrogens is 270 g/mol. The van der Waals surface area contributed by atoms with E-state index >= 15 is 0 Å². The van der Waals surface area contributed by atoms with Gasteiger partial charge in [-0.3, -0.25) is 4.79 Å². The van der Waals surface area contributed by atoms with Crippen LogP contribution >= 0.6 is 15.9 Å². The molecule has 1 amide bonds. The van der Waals surface area contributed by atoms with Crippen LogP contribution in [0.4, 0.5) is 5.69 Å². The first-order valence-corrected chi connectivity index (χ1v) is 5.56. The van der Waals surface area contributed by atoms with Crippen molar-refractivity contribution in [3.05, 3.63) is 52.4 Å². The van der Waals surface area contributed by atoms with E-state index in [-0.39, 0.29) is 5.91 Å². The van der Waals surface area contributed by atoms with Gasteiger partial charge in [-0.2, -0.15) is 0 Å². The number of benzene rings is 1. The summed E-state index contributed by atoms with van der Waals surface area (Å²) < 4.78 is 5.87. The lowest BCUT2D eigenvalue weighted by molar-refractivity contribution is 0.102. The lowest BCUT2D eigenvalue weighted by atomic mass is 10.2. The van der Waals surface area contributed by atoms with E-state index in [4.69, 9.17) is 4.42 Å². The molecule has 0 radical (unpaired) electrons. The fourth-order valence-corrected chi connectivity index (χ4v) is 1.57. The molecule has 0 aliphatic rings. The monoisotopic (exact) mass is 279 g/mol. The summed E-state index contributed by atoms with van der Waals surface area (Å²) in [4.78, 5) is 11.7. The third-order valence-corrected chi connectivity index (χ3v) is 3.09. The Bertz CT molecular complexity index is 506. The lowest BCUT2D eigenvalue weighted by Gasteiger charge is -2.05. The van der Waals surface area contributed by atoms with E-state index in [1.807, 2.05) is 25.1 Å². The van der Waals surface area contributed by atoms with Crippen LogP contribution in [0.3, 0.4) is 0 Å². The largest absolute Gasteiger partial charge is 0.472 e. The molecule has 0 aliphatic heterocycles. The van der Waals surface area contributed by atoms with Gasteiger partial charge in [0.05, 0.1) is 11.8 Å². The topological polar surface area (TPSA) is 42.2 Å². The van der Waals surface area contributed by atoms with Gasteiger partial charge in [0.25, 0.3) is 5.91 Å². The Morgan fingerprint density at radius 2 is 2.19 bits per heavy atom. The number of aryl methyl sites for hydroxylation is 1. The maximum absolute atomic E-state index is 11.7. The fraction of sp³-hybridized carbons (Fsp3) is 0.0833. The predicted molar refractivity (Wildman–Crippen MR) is 65.5 cm³/mol. The second kappa shape index (κ2) is 4.53. The molecule has 3 nitrogen and oxygen atoms in total. The molecule has 4 heteroatoms. The van der Waals surface area contributed by atoms with E-state index in [0.717, 1.165) is 15.7 Å². The van der Waals surface area contributed by atoms with Gasteiger partial charge in [0.15, 0.2) is 0 Å². The highest BCUT2D eigenvalue weighted by atomic mass is 79.9. The molecule has 0 bridgehead atoms. The summed E-state index contributed by atoms with van der Waals surface area (Å²) in [7, 11) is 0. The molecule has 1 heterocycles. The number of rotatable bonds is 2. The van der Waals surface area contributed by atoms with Crippen LogP contribution in [0.2, 0.25) is 0 Å². The van der Waals surface area contributed by atoms with Gasteiger partial charge in [0, 0.05) is 10.2 Å². The number of furan rings is 1. The zero-order valence-corrected chi connectivity index (χ0v) is 10.2. The number of hydrogen-bond donors (Lipinski definition) is 1. The Kier molecular flexibility index (Phi) is 3.10. The van der Waals surface area contributed by atoms with Crippen molar-refractivity contribution in [1.29, 1.82) is 0 Å². The normalized spacial score (nSPS) is 10.1. The molecule has 0 unspecified atom stereocenters. The fourth-order valence-electron chi connectivity index (χ4n) is 1.32. The number of amides is 1. The zero-order valence-electron chi connectivity index (χ0n) is 8.66. The Balaban J connectivity index is 2.15. The number of nitrogens with one attached hydrogen (secondary N) is 1. The quantitative estimate of drug-likeness (QED) is 0.913. The average molecular weight is 280 g/mol. The van der Waals surface area contributed by atoms with E-state index < -0.39 is 0 Å². The van der Waals surface area contributed by atoms with Gasteiger partial charge in [-0.05, 0) is 36.8 Å². The highest BCUT2D eigenvalue weighted by molar-refractivity contribution is 9.10. The molecule has 0 saturated carbocycles. The van der Waals surface area contributed by atoms with Crippen molar-refractivity contribution in [2.45, 2.75) is 6.92 Å². The minimum Gasteiger partial charge on any atom is -0.472 e. The van der Waals surface area contributed by atoms with Crippen LogP contribution in [-0.4, -0.2) is 5.91 Å². The summed E-state index contributed by atoms with van der Waals surface area (Å²) in [5, 5.41) is 2.79. The summed E-state index contributed by atoms with van der Waals surface area (Å²) in [5.74, 6) is -0.171. The Morgan fingerprint density at radius 3 is 2.81 bits per heavy atom. The molecule has 0 fully saturated rings. The molecule has 0 saturated heterocycles. The lowest BCUT2D eigenvalue weighted by Crippen LogP contribution is -2.10. The Morgan fingerprint density at radius 1 is 1.38 bits per heavy atom. The summed E-state index contributed by atoms with van der Waals surface area (Å²) >= 11 is 3.41. The maximum Gasteiger partial charge on any atom is 0.258 e. The van der Waals surface area contributed by atoms with Crippen LogP contribution in [-0.2, 0) is 0 Å². The second-order valence-corrected chi connectivity index (χ2v) is 4.28. The van der Waals surface area contributed by atoms with Crippen molar-refractivity contribution >= 4 is 27.5 Å². The standard InChI is InChI=1S/C12H10BrNO2/c1-8-6-10(2-3-11(8)13)14-12(15)9-4-5-16-7-9/h2-7H,1H3,(H,14,15). The molecule has 16 heavy (non-hydrogen) atoms. The van der Waals surface area contributed by atoms with Crippen molar-refractivity contribution in [2.75, 3.05) is 5.32 Å². The van der Waals surface area contributed by atoms with E-state index in [0.29, 0.717) is 5.56 Å². The molecule has 82 valence electrons. The summed E-state index contributed by atoms with van der Waals surface area (Å²) in [6.45, 7) is 1.97. The highest BCUT2D eigenvalue weighted by Crippen LogP contribution is 2.20. The van der Waals surface area contributed by atoms with E-state index in [1.165, 1.54) is 12.5 Å².